The highest BCUT2D eigenvalue weighted by Crippen LogP contribution is 1.78. The summed E-state index contributed by atoms with van der Waals surface area (Å²) < 4.78 is 4.97. The Kier molecular flexibility index (Phi) is 5.46. The fourth-order valence-corrected chi connectivity index (χ4v) is 0.289. The zero-order valence-corrected chi connectivity index (χ0v) is 4.74. The first-order valence-corrected chi connectivity index (χ1v) is 2.49. The molecule has 0 amide bonds. The second kappa shape index (κ2) is 5.70. The van der Waals surface area contributed by atoms with Gasteiger partial charge in [0.1, 0.15) is 0 Å². The molecule has 0 N–H and O–H groups in total. The molecule has 0 aliphatic rings. The van der Waals surface area contributed by atoms with Crippen LogP contribution in [-0.4, -0.2) is 13.2 Å². The van der Waals surface area contributed by atoms with Gasteiger partial charge in [-0.15, -0.1) is 0 Å². The smallest absolute Gasteiger partial charge is 0.0506 e. The molecule has 1 heteroatoms. The Labute approximate surface area is 45.0 Å². The van der Waals surface area contributed by atoms with Gasteiger partial charge in [-0.2, -0.15) is 0 Å². The first kappa shape index (κ1) is 6.70. The van der Waals surface area contributed by atoms with E-state index in [1.807, 2.05) is 6.92 Å². The summed E-state index contributed by atoms with van der Waals surface area (Å²) in [4.78, 5) is 0. The van der Waals surface area contributed by atoms with Crippen LogP contribution in [0.1, 0.15) is 13.3 Å². The third-order valence-corrected chi connectivity index (χ3v) is 0.627. The van der Waals surface area contributed by atoms with E-state index in [4.69, 9.17) is 4.74 Å². The van der Waals surface area contributed by atoms with Crippen molar-refractivity contribution >= 4 is 0 Å². The molecule has 1 nitrogen and oxygen atoms in total. The lowest BCUT2D eigenvalue weighted by atomic mass is 10.5. The lowest BCUT2D eigenvalue weighted by Gasteiger charge is -1.92. The fraction of sp³-hybridized carbons (Fsp3) is 0.667. The Morgan fingerprint density at radius 3 is 2.86 bits per heavy atom. The maximum absolute atomic E-state index is 4.97. The molecule has 0 aromatic carbocycles. The van der Waals surface area contributed by atoms with E-state index in [9.17, 15) is 0 Å². The molecule has 0 atom stereocenters. The van der Waals surface area contributed by atoms with E-state index in [2.05, 4.69) is 12.7 Å². The highest BCUT2D eigenvalue weighted by molar-refractivity contribution is 4.52. The molecular formula is C6H11O. The Morgan fingerprint density at radius 2 is 2.43 bits per heavy atom. The topological polar surface area (TPSA) is 9.23 Å². The van der Waals surface area contributed by atoms with Crippen molar-refractivity contribution in [1.82, 2.24) is 0 Å². The highest BCUT2D eigenvalue weighted by Gasteiger charge is 1.75. The van der Waals surface area contributed by atoms with Crippen LogP contribution in [0.4, 0.5) is 0 Å². The van der Waals surface area contributed by atoms with E-state index in [1.165, 1.54) is 0 Å². The maximum Gasteiger partial charge on any atom is 0.0506 e. The molecule has 0 aliphatic carbocycles. The molecule has 0 spiro atoms. The fourth-order valence-electron chi connectivity index (χ4n) is 0.289. The van der Waals surface area contributed by atoms with Gasteiger partial charge in [-0.25, -0.2) is 0 Å². The number of ether oxygens (including phenoxy) is 1. The molecule has 0 aromatic heterocycles. The van der Waals surface area contributed by atoms with Gasteiger partial charge < -0.3 is 4.74 Å². The van der Waals surface area contributed by atoms with Crippen LogP contribution in [0.2, 0.25) is 0 Å². The van der Waals surface area contributed by atoms with Crippen LogP contribution >= 0.6 is 0 Å². The molecule has 0 aromatic rings. The molecule has 1 radical (unpaired) electrons. The predicted molar refractivity (Wildman–Crippen MR) is 30.0 cm³/mol. The van der Waals surface area contributed by atoms with Crippen LogP contribution in [-0.2, 0) is 4.74 Å². The number of rotatable bonds is 4. The minimum absolute atomic E-state index is 0.764. The molecular weight excluding hydrogens is 88.1 g/mol. The number of hydrogen-bond donors (Lipinski definition) is 0. The van der Waals surface area contributed by atoms with Crippen LogP contribution < -0.4 is 0 Å². The van der Waals surface area contributed by atoms with Gasteiger partial charge in [-0.05, 0) is 13.3 Å². The third-order valence-electron chi connectivity index (χ3n) is 0.627. The van der Waals surface area contributed by atoms with Crippen molar-refractivity contribution in [3.8, 4) is 0 Å². The molecule has 0 bridgehead atoms. The Bertz CT molecular complexity index is 41.4. The van der Waals surface area contributed by atoms with Crippen LogP contribution in [0.5, 0.6) is 0 Å². The van der Waals surface area contributed by atoms with Crippen LogP contribution in [0.25, 0.3) is 0 Å². The highest BCUT2D eigenvalue weighted by atomic mass is 16.5. The average molecular weight is 99.2 g/mol. The van der Waals surface area contributed by atoms with Crippen molar-refractivity contribution in [2.75, 3.05) is 13.2 Å². The van der Waals surface area contributed by atoms with Gasteiger partial charge in [-0.1, -0.05) is 12.7 Å². The molecule has 0 rings (SSSR count). The van der Waals surface area contributed by atoms with Gasteiger partial charge >= 0.3 is 0 Å². The largest absolute Gasteiger partial charge is 0.381 e. The van der Waals surface area contributed by atoms with Crippen LogP contribution in [0.3, 0.4) is 0 Å². The van der Waals surface area contributed by atoms with Gasteiger partial charge in [0, 0.05) is 6.61 Å². The first-order chi connectivity index (χ1) is 3.41. The Balaban J connectivity index is 2.56. The van der Waals surface area contributed by atoms with Crippen molar-refractivity contribution in [2.45, 2.75) is 13.3 Å². The lowest BCUT2D eigenvalue weighted by Crippen LogP contribution is -1.89. The summed E-state index contributed by atoms with van der Waals surface area (Å²) in [5.74, 6) is 0. The first-order valence-electron chi connectivity index (χ1n) is 2.49. The second-order valence-corrected chi connectivity index (χ2v) is 1.20. The molecule has 7 heavy (non-hydrogen) atoms. The van der Waals surface area contributed by atoms with E-state index < -0.39 is 0 Å². The van der Waals surface area contributed by atoms with Crippen molar-refractivity contribution < 1.29 is 4.74 Å². The molecule has 0 fully saturated rings. The molecule has 0 unspecified atom stereocenters. The Morgan fingerprint density at radius 1 is 1.71 bits per heavy atom. The summed E-state index contributed by atoms with van der Waals surface area (Å²) in [7, 11) is 0. The molecule has 0 aliphatic heterocycles. The summed E-state index contributed by atoms with van der Waals surface area (Å²) in [5.41, 5.74) is 0. The third kappa shape index (κ3) is 5.70. The van der Waals surface area contributed by atoms with Crippen molar-refractivity contribution in [2.24, 2.45) is 0 Å². The quantitative estimate of drug-likeness (QED) is 0.484. The van der Waals surface area contributed by atoms with Crippen molar-refractivity contribution in [3.63, 3.8) is 0 Å². The van der Waals surface area contributed by atoms with E-state index in [1.54, 1.807) is 0 Å². The predicted octanol–water partition coefficient (Wildman–Crippen LogP) is 1.40. The molecule has 0 saturated heterocycles. The van der Waals surface area contributed by atoms with Gasteiger partial charge in [0.05, 0.1) is 6.61 Å². The van der Waals surface area contributed by atoms with Crippen molar-refractivity contribution in [1.29, 1.82) is 0 Å². The maximum atomic E-state index is 4.97. The average Bonchev–Trinajstić information content (AvgIpc) is 1.69. The van der Waals surface area contributed by atoms with Gasteiger partial charge in [0.15, 0.2) is 0 Å². The summed E-state index contributed by atoms with van der Waals surface area (Å²) in [6, 6.07) is 0. The monoisotopic (exact) mass is 99.1 g/mol. The van der Waals surface area contributed by atoms with E-state index in [0.717, 1.165) is 19.6 Å². The zero-order valence-electron chi connectivity index (χ0n) is 4.74. The standard InChI is InChI=1S/C6H11O/c1-3-5-6-7-4-2/h1,4-6H2,2H3. The summed E-state index contributed by atoms with van der Waals surface area (Å²) in [5, 5.41) is 0. The number of hydrogen-bond acceptors (Lipinski definition) is 1. The van der Waals surface area contributed by atoms with Gasteiger partial charge in [0.25, 0.3) is 0 Å². The molecule has 41 valence electrons. The zero-order chi connectivity index (χ0) is 5.54. The van der Waals surface area contributed by atoms with Gasteiger partial charge in [-0.3, -0.25) is 0 Å². The normalized spacial score (nSPS) is 8.71. The van der Waals surface area contributed by atoms with E-state index in [-0.39, 0.29) is 0 Å². The molecule has 0 saturated carbocycles. The summed E-state index contributed by atoms with van der Waals surface area (Å²) in [6.45, 7) is 6.96. The van der Waals surface area contributed by atoms with Crippen LogP contribution in [0, 0.1) is 6.08 Å². The van der Waals surface area contributed by atoms with Crippen molar-refractivity contribution in [3.05, 3.63) is 12.7 Å². The minimum atomic E-state index is 0.764. The lowest BCUT2D eigenvalue weighted by molar-refractivity contribution is 0.151. The van der Waals surface area contributed by atoms with E-state index in [0.29, 0.717) is 0 Å². The molecule has 0 heterocycles. The second-order valence-electron chi connectivity index (χ2n) is 1.20. The van der Waals surface area contributed by atoms with E-state index >= 15 is 0 Å². The summed E-state index contributed by atoms with van der Waals surface area (Å²) in [6.07, 6.45) is 3.57. The summed E-state index contributed by atoms with van der Waals surface area (Å²) >= 11 is 0. The van der Waals surface area contributed by atoms with Crippen LogP contribution in [0.15, 0.2) is 6.58 Å². The SMILES string of the molecule is C=[C]CCOCC. The van der Waals surface area contributed by atoms with Gasteiger partial charge in [0.2, 0.25) is 0 Å². The minimum Gasteiger partial charge on any atom is -0.381 e. The Hall–Kier alpha value is -0.300.